The predicted molar refractivity (Wildman–Crippen MR) is 66.5 cm³/mol. The van der Waals surface area contributed by atoms with E-state index in [1.165, 1.54) is 4.90 Å². The van der Waals surface area contributed by atoms with Crippen LogP contribution in [0.15, 0.2) is 0 Å². The lowest BCUT2D eigenvalue weighted by atomic mass is 10.0. The molecule has 1 saturated heterocycles. The molecular formula is C12H22N2O4. The first-order valence-electron chi connectivity index (χ1n) is 6.51. The highest BCUT2D eigenvalue weighted by molar-refractivity contribution is 5.82. The lowest BCUT2D eigenvalue weighted by Gasteiger charge is -2.32. The molecule has 0 aromatic rings. The summed E-state index contributed by atoms with van der Waals surface area (Å²) in [6, 6.07) is -0.954. The summed E-state index contributed by atoms with van der Waals surface area (Å²) in [5.74, 6) is -0.917. The van der Waals surface area contributed by atoms with Gasteiger partial charge in [0.15, 0.2) is 0 Å². The van der Waals surface area contributed by atoms with Crippen LogP contribution in [0.2, 0.25) is 0 Å². The number of rotatable bonds is 6. The monoisotopic (exact) mass is 258 g/mol. The number of nitrogens with one attached hydrogen (secondary N) is 1. The average molecular weight is 258 g/mol. The summed E-state index contributed by atoms with van der Waals surface area (Å²) in [7, 11) is 0. The summed E-state index contributed by atoms with van der Waals surface area (Å²) in [6.45, 7) is 4.24. The van der Waals surface area contributed by atoms with Gasteiger partial charge in [-0.05, 0) is 32.6 Å². The molecule has 2 amide bonds. The van der Waals surface area contributed by atoms with Crippen LogP contribution >= 0.6 is 0 Å². The second-order valence-corrected chi connectivity index (χ2v) is 4.33. The maximum absolute atomic E-state index is 11.9. The molecule has 104 valence electrons. The van der Waals surface area contributed by atoms with E-state index in [-0.39, 0.29) is 6.03 Å². The van der Waals surface area contributed by atoms with Crippen molar-refractivity contribution in [3.05, 3.63) is 0 Å². The number of carbonyl (C=O) groups is 2. The smallest absolute Gasteiger partial charge is 0.326 e. The van der Waals surface area contributed by atoms with E-state index >= 15 is 0 Å². The van der Waals surface area contributed by atoms with Crippen LogP contribution in [-0.4, -0.2) is 54.4 Å². The number of aliphatic carboxylic acids is 1. The van der Waals surface area contributed by atoms with Gasteiger partial charge in [-0.3, -0.25) is 0 Å². The van der Waals surface area contributed by atoms with E-state index in [2.05, 4.69) is 5.32 Å². The summed E-state index contributed by atoms with van der Waals surface area (Å²) in [6.07, 6.45) is 3.02. The van der Waals surface area contributed by atoms with Gasteiger partial charge in [0.2, 0.25) is 0 Å². The average Bonchev–Trinajstić information content (AvgIpc) is 2.38. The predicted octanol–water partition coefficient (Wildman–Crippen LogP) is 1.06. The van der Waals surface area contributed by atoms with Crippen LogP contribution < -0.4 is 5.32 Å². The molecule has 18 heavy (non-hydrogen) atoms. The van der Waals surface area contributed by atoms with E-state index in [1.54, 1.807) is 0 Å². The molecule has 6 heteroatoms. The normalized spacial score (nSPS) is 19.6. The fourth-order valence-electron chi connectivity index (χ4n) is 2.05. The zero-order valence-corrected chi connectivity index (χ0v) is 10.9. The van der Waals surface area contributed by atoms with Gasteiger partial charge >= 0.3 is 12.0 Å². The van der Waals surface area contributed by atoms with Crippen LogP contribution in [0.3, 0.4) is 0 Å². The van der Waals surface area contributed by atoms with Gasteiger partial charge in [0, 0.05) is 26.3 Å². The van der Waals surface area contributed by atoms with Crippen LogP contribution in [0.4, 0.5) is 4.79 Å². The molecule has 0 aromatic heterocycles. The molecule has 2 N–H and O–H groups in total. The molecule has 1 fully saturated rings. The molecule has 1 atom stereocenters. The van der Waals surface area contributed by atoms with Crippen molar-refractivity contribution in [3.8, 4) is 0 Å². The molecule has 1 rings (SSSR count). The number of hydrogen-bond acceptors (Lipinski definition) is 3. The van der Waals surface area contributed by atoms with Gasteiger partial charge in [-0.1, -0.05) is 0 Å². The topological polar surface area (TPSA) is 78.9 Å². The van der Waals surface area contributed by atoms with E-state index in [0.29, 0.717) is 32.7 Å². The Morgan fingerprint density at radius 2 is 2.22 bits per heavy atom. The molecule has 1 unspecified atom stereocenters. The molecule has 0 radical (unpaired) electrons. The highest BCUT2D eigenvalue weighted by Gasteiger charge is 2.31. The number of nitrogens with zero attached hydrogens (tertiary/aromatic N) is 1. The van der Waals surface area contributed by atoms with Crippen LogP contribution in [0.5, 0.6) is 0 Å². The second-order valence-electron chi connectivity index (χ2n) is 4.33. The highest BCUT2D eigenvalue weighted by atomic mass is 16.5. The van der Waals surface area contributed by atoms with E-state index in [0.717, 1.165) is 19.3 Å². The molecule has 0 aromatic carbocycles. The summed E-state index contributed by atoms with van der Waals surface area (Å²) in [5, 5.41) is 11.8. The zero-order chi connectivity index (χ0) is 13.4. The molecule has 0 aliphatic carbocycles. The van der Waals surface area contributed by atoms with Crippen molar-refractivity contribution in [3.63, 3.8) is 0 Å². The van der Waals surface area contributed by atoms with Gasteiger partial charge in [-0.15, -0.1) is 0 Å². The Kier molecular flexibility index (Phi) is 6.49. The number of carbonyl (C=O) groups excluding carboxylic acids is 1. The van der Waals surface area contributed by atoms with E-state index < -0.39 is 12.0 Å². The van der Waals surface area contributed by atoms with Crippen molar-refractivity contribution in [2.75, 3.05) is 26.3 Å². The first-order valence-corrected chi connectivity index (χ1v) is 6.51. The second kappa shape index (κ2) is 7.92. The van der Waals surface area contributed by atoms with Crippen molar-refractivity contribution in [2.24, 2.45) is 0 Å². The number of carboxylic acids is 1. The first kappa shape index (κ1) is 14.8. The zero-order valence-electron chi connectivity index (χ0n) is 10.9. The summed E-state index contributed by atoms with van der Waals surface area (Å²) < 4.78 is 5.16. The maximum Gasteiger partial charge on any atom is 0.326 e. The Morgan fingerprint density at radius 1 is 1.44 bits per heavy atom. The Morgan fingerprint density at radius 3 is 2.89 bits per heavy atom. The number of likely N-dealkylation sites (tertiary alicyclic amines) is 1. The number of urea groups is 1. The Balaban J connectivity index is 2.32. The SMILES string of the molecule is CCOCCCNC(=O)N1CCCCC1C(=O)O. The fourth-order valence-corrected chi connectivity index (χ4v) is 2.05. The quantitative estimate of drug-likeness (QED) is 0.698. The number of piperidine rings is 1. The van der Waals surface area contributed by atoms with Crippen LogP contribution in [0.1, 0.15) is 32.6 Å². The van der Waals surface area contributed by atoms with Gasteiger partial charge in [0.1, 0.15) is 6.04 Å². The summed E-state index contributed by atoms with van der Waals surface area (Å²) in [5.41, 5.74) is 0. The third-order valence-electron chi connectivity index (χ3n) is 2.99. The highest BCUT2D eigenvalue weighted by Crippen LogP contribution is 2.17. The molecule has 1 heterocycles. The largest absolute Gasteiger partial charge is 0.480 e. The van der Waals surface area contributed by atoms with Gasteiger partial charge in [0.05, 0.1) is 0 Å². The van der Waals surface area contributed by atoms with Gasteiger partial charge in [-0.2, -0.15) is 0 Å². The van der Waals surface area contributed by atoms with E-state index in [4.69, 9.17) is 9.84 Å². The van der Waals surface area contributed by atoms with Crippen LogP contribution in [0.25, 0.3) is 0 Å². The number of ether oxygens (including phenoxy) is 1. The Bertz CT molecular complexity index is 283. The van der Waals surface area contributed by atoms with Gasteiger partial charge < -0.3 is 20.1 Å². The Labute approximate surface area is 107 Å². The molecule has 1 aliphatic heterocycles. The van der Waals surface area contributed by atoms with E-state index in [9.17, 15) is 9.59 Å². The minimum Gasteiger partial charge on any atom is -0.480 e. The van der Waals surface area contributed by atoms with Crippen molar-refractivity contribution in [2.45, 2.75) is 38.6 Å². The molecule has 6 nitrogen and oxygen atoms in total. The van der Waals surface area contributed by atoms with Crippen molar-refractivity contribution in [1.29, 1.82) is 0 Å². The third kappa shape index (κ3) is 4.52. The first-order chi connectivity index (χ1) is 8.66. The molecule has 0 spiro atoms. The van der Waals surface area contributed by atoms with Crippen LogP contribution in [0, 0.1) is 0 Å². The molecular weight excluding hydrogens is 236 g/mol. The third-order valence-corrected chi connectivity index (χ3v) is 2.99. The van der Waals surface area contributed by atoms with Crippen molar-refractivity contribution < 1.29 is 19.4 Å². The standard InChI is InChI=1S/C12H22N2O4/c1-2-18-9-5-7-13-12(17)14-8-4-3-6-10(14)11(15)16/h10H,2-9H2,1H3,(H,13,17)(H,15,16). The maximum atomic E-state index is 11.9. The lowest BCUT2D eigenvalue weighted by molar-refractivity contribution is -0.143. The molecule has 1 aliphatic rings. The van der Waals surface area contributed by atoms with Crippen molar-refractivity contribution >= 4 is 12.0 Å². The number of amides is 2. The number of hydrogen-bond donors (Lipinski definition) is 2. The van der Waals surface area contributed by atoms with Gasteiger partial charge in [0.25, 0.3) is 0 Å². The Hall–Kier alpha value is -1.30. The summed E-state index contributed by atoms with van der Waals surface area (Å²) in [4.78, 5) is 24.3. The van der Waals surface area contributed by atoms with Crippen molar-refractivity contribution in [1.82, 2.24) is 10.2 Å². The van der Waals surface area contributed by atoms with E-state index in [1.807, 2.05) is 6.92 Å². The fraction of sp³-hybridized carbons (Fsp3) is 0.833. The summed E-state index contributed by atoms with van der Waals surface area (Å²) >= 11 is 0. The molecule has 0 saturated carbocycles. The minimum atomic E-state index is -0.917. The lowest BCUT2D eigenvalue weighted by Crippen LogP contribution is -2.52. The minimum absolute atomic E-state index is 0.279. The van der Waals surface area contributed by atoms with Crippen LogP contribution in [-0.2, 0) is 9.53 Å². The number of carboxylic acid groups (broad SMARTS) is 1. The molecule has 0 bridgehead atoms. The van der Waals surface area contributed by atoms with Gasteiger partial charge in [-0.25, -0.2) is 9.59 Å².